The van der Waals surface area contributed by atoms with Crippen LogP contribution < -0.4 is 10.5 Å². The van der Waals surface area contributed by atoms with Crippen molar-refractivity contribution in [3.05, 3.63) is 40.9 Å². The molecule has 3 N–H and O–H groups in total. The third kappa shape index (κ3) is 6.74. The molecule has 0 radical (unpaired) electrons. The SMILES string of the molecule is CCN(CCN1CCOCC1)C(=O)[C@H](C)N1CC[C@H](NS(=O)(=O)c2ccc3cc(Cl)ccc3c2CC(N)=O)C1=O. The number of likely N-dealkylation sites (N-methyl/N-ethyl adjacent to an activating group) is 1. The second-order valence-corrected chi connectivity index (χ2v) is 12.2. The molecule has 2 heterocycles. The van der Waals surface area contributed by atoms with Gasteiger partial charge in [-0.3, -0.25) is 19.3 Å². The highest BCUT2D eigenvalue weighted by atomic mass is 35.5. The minimum Gasteiger partial charge on any atom is -0.379 e. The first-order valence-corrected chi connectivity index (χ1v) is 15.3. The minimum atomic E-state index is -4.22. The van der Waals surface area contributed by atoms with Gasteiger partial charge in [0.2, 0.25) is 27.7 Å². The molecule has 2 aromatic rings. The van der Waals surface area contributed by atoms with Crippen molar-refractivity contribution < 1.29 is 27.5 Å². The first kappa shape index (κ1) is 30.2. The van der Waals surface area contributed by atoms with E-state index >= 15 is 0 Å². The average molecular weight is 594 g/mol. The Bertz CT molecular complexity index is 1380. The van der Waals surface area contributed by atoms with Crippen LogP contribution in [0.5, 0.6) is 0 Å². The fourth-order valence-corrected chi connectivity index (χ4v) is 6.96. The van der Waals surface area contributed by atoms with Crippen molar-refractivity contribution in [2.45, 2.75) is 43.7 Å². The number of nitrogens with two attached hydrogens (primary N) is 1. The van der Waals surface area contributed by atoms with Crippen LogP contribution in [0.4, 0.5) is 0 Å². The number of amides is 3. The van der Waals surface area contributed by atoms with E-state index in [4.69, 9.17) is 22.1 Å². The first-order chi connectivity index (χ1) is 19.0. The maximum Gasteiger partial charge on any atom is 0.245 e. The topological polar surface area (TPSA) is 142 Å². The van der Waals surface area contributed by atoms with E-state index in [0.717, 1.165) is 19.6 Å². The van der Waals surface area contributed by atoms with Crippen molar-refractivity contribution in [1.82, 2.24) is 19.4 Å². The molecule has 3 amide bonds. The van der Waals surface area contributed by atoms with Gasteiger partial charge in [-0.2, -0.15) is 4.72 Å². The number of benzene rings is 2. The number of hydrogen-bond donors (Lipinski definition) is 2. The van der Waals surface area contributed by atoms with E-state index in [1.54, 1.807) is 36.1 Å². The zero-order valence-electron chi connectivity index (χ0n) is 22.8. The summed E-state index contributed by atoms with van der Waals surface area (Å²) in [6, 6.07) is 6.13. The standard InChI is InChI=1S/C27H36ClN5O6S/c1-3-32(11-10-31-12-14-39-15-13-31)26(35)18(2)33-9-8-23(27(33)36)30-40(37,38)24-7-4-19-16-20(28)5-6-21(19)22(24)17-25(29)34/h4-7,16,18,23,30H,3,8-15,17H2,1-2H3,(H2,29,34)/t18-,23-/m0/s1. The number of sulfonamides is 1. The van der Waals surface area contributed by atoms with Gasteiger partial charge in [0.25, 0.3) is 0 Å². The number of morpholine rings is 1. The Balaban J connectivity index is 1.47. The molecule has 2 fully saturated rings. The lowest BCUT2D eigenvalue weighted by Gasteiger charge is -2.32. The van der Waals surface area contributed by atoms with Crippen LogP contribution in [0.1, 0.15) is 25.8 Å². The Labute approximate surface area is 239 Å². The van der Waals surface area contributed by atoms with Crippen LogP contribution in [0.2, 0.25) is 5.02 Å². The molecule has 0 unspecified atom stereocenters. The molecule has 0 aromatic heterocycles. The van der Waals surface area contributed by atoms with Crippen LogP contribution in [-0.4, -0.2) is 105 Å². The fraction of sp³-hybridized carbons (Fsp3) is 0.519. The van der Waals surface area contributed by atoms with Crippen molar-refractivity contribution >= 4 is 50.1 Å². The van der Waals surface area contributed by atoms with Crippen LogP contribution >= 0.6 is 11.6 Å². The third-order valence-corrected chi connectivity index (χ3v) is 9.33. The minimum absolute atomic E-state index is 0.128. The van der Waals surface area contributed by atoms with Gasteiger partial charge in [0.1, 0.15) is 12.1 Å². The van der Waals surface area contributed by atoms with Crippen LogP contribution in [0.15, 0.2) is 35.2 Å². The van der Waals surface area contributed by atoms with E-state index in [9.17, 15) is 22.8 Å². The molecule has 218 valence electrons. The van der Waals surface area contributed by atoms with Gasteiger partial charge >= 0.3 is 0 Å². The van der Waals surface area contributed by atoms with Gasteiger partial charge in [-0.15, -0.1) is 0 Å². The second-order valence-electron chi connectivity index (χ2n) is 10.1. The Morgan fingerprint density at radius 2 is 1.93 bits per heavy atom. The van der Waals surface area contributed by atoms with Gasteiger partial charge in [-0.1, -0.05) is 23.7 Å². The van der Waals surface area contributed by atoms with Crippen LogP contribution in [0.25, 0.3) is 10.8 Å². The van der Waals surface area contributed by atoms with Gasteiger partial charge in [0.15, 0.2) is 0 Å². The largest absolute Gasteiger partial charge is 0.379 e. The first-order valence-electron chi connectivity index (χ1n) is 13.4. The number of carbonyl (C=O) groups is 3. The van der Waals surface area contributed by atoms with Gasteiger partial charge in [-0.05, 0) is 54.8 Å². The lowest BCUT2D eigenvalue weighted by Crippen LogP contribution is -2.51. The zero-order chi connectivity index (χ0) is 29.0. The molecule has 0 aliphatic carbocycles. The lowest BCUT2D eigenvalue weighted by molar-refractivity contribution is -0.143. The molecular weight excluding hydrogens is 558 g/mol. The molecule has 2 atom stereocenters. The molecule has 0 spiro atoms. The highest BCUT2D eigenvalue weighted by molar-refractivity contribution is 7.89. The monoisotopic (exact) mass is 593 g/mol. The van der Waals surface area contributed by atoms with Crippen molar-refractivity contribution in [3.63, 3.8) is 0 Å². The van der Waals surface area contributed by atoms with Gasteiger partial charge < -0.3 is 20.3 Å². The summed E-state index contributed by atoms with van der Waals surface area (Å²) in [7, 11) is -4.22. The van der Waals surface area contributed by atoms with Crippen molar-refractivity contribution in [2.24, 2.45) is 5.73 Å². The summed E-state index contributed by atoms with van der Waals surface area (Å²) in [6.45, 7) is 8.56. The smallest absolute Gasteiger partial charge is 0.245 e. The molecular formula is C27H36ClN5O6S. The van der Waals surface area contributed by atoms with Gasteiger partial charge in [0, 0.05) is 44.3 Å². The summed E-state index contributed by atoms with van der Waals surface area (Å²) >= 11 is 6.08. The van der Waals surface area contributed by atoms with Crippen molar-refractivity contribution in [2.75, 3.05) is 52.5 Å². The number of hydrogen-bond acceptors (Lipinski definition) is 7. The van der Waals surface area contributed by atoms with E-state index in [1.165, 1.54) is 11.0 Å². The number of primary amides is 1. The number of ether oxygens (including phenoxy) is 1. The summed E-state index contributed by atoms with van der Waals surface area (Å²) in [4.78, 5) is 43.7. The molecule has 40 heavy (non-hydrogen) atoms. The van der Waals surface area contributed by atoms with E-state index in [-0.39, 0.29) is 35.8 Å². The maximum absolute atomic E-state index is 13.5. The van der Waals surface area contributed by atoms with Crippen molar-refractivity contribution in [1.29, 1.82) is 0 Å². The molecule has 4 rings (SSSR count). The van der Waals surface area contributed by atoms with Gasteiger partial charge in [0.05, 0.1) is 24.5 Å². The summed E-state index contributed by atoms with van der Waals surface area (Å²) in [5, 5.41) is 1.66. The number of halogens is 1. The Hall–Kier alpha value is -2.77. The highest BCUT2D eigenvalue weighted by Crippen LogP contribution is 2.29. The molecule has 2 aliphatic heterocycles. The number of rotatable bonds is 11. The maximum atomic E-state index is 13.5. The molecule has 13 heteroatoms. The lowest BCUT2D eigenvalue weighted by atomic mass is 10.0. The molecule has 2 aromatic carbocycles. The molecule has 2 saturated heterocycles. The summed E-state index contributed by atoms with van der Waals surface area (Å²) in [5.41, 5.74) is 5.67. The van der Waals surface area contributed by atoms with Gasteiger partial charge in [-0.25, -0.2) is 8.42 Å². The predicted octanol–water partition coefficient (Wildman–Crippen LogP) is 0.969. The Morgan fingerprint density at radius 1 is 1.20 bits per heavy atom. The van der Waals surface area contributed by atoms with Crippen LogP contribution in [-0.2, 0) is 35.6 Å². The quantitative estimate of drug-likeness (QED) is 0.395. The van der Waals surface area contributed by atoms with E-state index in [2.05, 4.69) is 9.62 Å². The fourth-order valence-electron chi connectivity index (χ4n) is 5.31. The molecule has 11 nitrogen and oxygen atoms in total. The van der Waals surface area contributed by atoms with Crippen LogP contribution in [0.3, 0.4) is 0 Å². The number of fused-ring (bicyclic) bond motifs is 1. The average Bonchev–Trinajstić information content (AvgIpc) is 3.27. The normalized spacial score (nSPS) is 19.2. The molecule has 0 saturated carbocycles. The number of nitrogens with one attached hydrogen (secondary N) is 1. The van der Waals surface area contributed by atoms with Crippen LogP contribution in [0, 0.1) is 0 Å². The summed E-state index contributed by atoms with van der Waals surface area (Å²) in [6.07, 6.45) is -0.0906. The predicted molar refractivity (Wildman–Crippen MR) is 151 cm³/mol. The summed E-state index contributed by atoms with van der Waals surface area (Å²) in [5.74, 6) is -1.33. The van der Waals surface area contributed by atoms with E-state index in [0.29, 0.717) is 42.1 Å². The summed E-state index contributed by atoms with van der Waals surface area (Å²) < 4.78 is 34.9. The number of nitrogens with zero attached hydrogens (tertiary/aromatic N) is 3. The Morgan fingerprint density at radius 3 is 2.60 bits per heavy atom. The molecule has 0 bridgehead atoms. The van der Waals surface area contributed by atoms with E-state index in [1.807, 2.05) is 6.92 Å². The number of likely N-dealkylation sites (tertiary alicyclic amines) is 1. The molecule has 2 aliphatic rings. The second kappa shape index (κ2) is 12.8. The Kier molecular flexibility index (Phi) is 9.68. The highest BCUT2D eigenvalue weighted by Gasteiger charge is 2.40. The zero-order valence-corrected chi connectivity index (χ0v) is 24.3. The number of carbonyl (C=O) groups excluding carboxylic acids is 3. The van der Waals surface area contributed by atoms with E-state index < -0.39 is 33.9 Å². The third-order valence-electron chi connectivity index (χ3n) is 7.54. The van der Waals surface area contributed by atoms with Crippen molar-refractivity contribution in [3.8, 4) is 0 Å².